The predicted octanol–water partition coefficient (Wildman–Crippen LogP) is 1.68. The third-order valence-corrected chi connectivity index (χ3v) is 4.23. The molecular formula is C13H26N2O. The lowest BCUT2D eigenvalue weighted by atomic mass is 9.75. The molecule has 2 fully saturated rings. The van der Waals surface area contributed by atoms with Crippen LogP contribution >= 0.6 is 0 Å². The SMILES string of the molecule is CCC1(NCCOC2CCNCC2)CCC1. The number of nitrogens with one attached hydrogen (secondary N) is 2. The van der Waals surface area contributed by atoms with Crippen LogP contribution in [0.25, 0.3) is 0 Å². The van der Waals surface area contributed by atoms with Gasteiger partial charge in [-0.1, -0.05) is 6.92 Å². The Kier molecular flexibility index (Phi) is 4.62. The largest absolute Gasteiger partial charge is 0.377 e. The fourth-order valence-corrected chi connectivity index (χ4v) is 2.76. The van der Waals surface area contributed by atoms with Gasteiger partial charge in [0.05, 0.1) is 12.7 Å². The van der Waals surface area contributed by atoms with E-state index in [1.807, 2.05) is 0 Å². The first-order valence-electron chi connectivity index (χ1n) is 6.92. The van der Waals surface area contributed by atoms with E-state index in [-0.39, 0.29) is 0 Å². The van der Waals surface area contributed by atoms with Crippen LogP contribution in [0, 0.1) is 0 Å². The van der Waals surface area contributed by atoms with E-state index in [1.54, 1.807) is 0 Å². The molecule has 2 rings (SSSR count). The summed E-state index contributed by atoms with van der Waals surface area (Å²) in [4.78, 5) is 0. The van der Waals surface area contributed by atoms with Crippen LogP contribution in [-0.2, 0) is 4.74 Å². The van der Waals surface area contributed by atoms with Gasteiger partial charge in [-0.25, -0.2) is 0 Å². The van der Waals surface area contributed by atoms with Crippen molar-refractivity contribution in [2.75, 3.05) is 26.2 Å². The summed E-state index contributed by atoms with van der Waals surface area (Å²) < 4.78 is 5.89. The Morgan fingerprint density at radius 1 is 1.31 bits per heavy atom. The molecule has 3 heteroatoms. The zero-order valence-electron chi connectivity index (χ0n) is 10.6. The van der Waals surface area contributed by atoms with E-state index in [9.17, 15) is 0 Å². The summed E-state index contributed by atoms with van der Waals surface area (Å²) >= 11 is 0. The van der Waals surface area contributed by atoms with Crippen LogP contribution in [-0.4, -0.2) is 37.9 Å². The van der Waals surface area contributed by atoms with Gasteiger partial charge in [-0.2, -0.15) is 0 Å². The molecular weight excluding hydrogens is 200 g/mol. The fourth-order valence-electron chi connectivity index (χ4n) is 2.76. The second kappa shape index (κ2) is 5.99. The van der Waals surface area contributed by atoms with Gasteiger partial charge >= 0.3 is 0 Å². The molecule has 2 N–H and O–H groups in total. The summed E-state index contributed by atoms with van der Waals surface area (Å²) in [6.07, 6.45) is 8.24. The van der Waals surface area contributed by atoms with Crippen LogP contribution in [0.3, 0.4) is 0 Å². The van der Waals surface area contributed by atoms with Crippen molar-refractivity contribution in [3.8, 4) is 0 Å². The highest BCUT2D eigenvalue weighted by Crippen LogP contribution is 2.34. The first kappa shape index (κ1) is 12.3. The maximum Gasteiger partial charge on any atom is 0.0600 e. The standard InChI is InChI=1S/C13H26N2O/c1-2-13(6-3-7-13)15-10-11-16-12-4-8-14-9-5-12/h12,14-15H,2-11H2,1H3. The molecule has 94 valence electrons. The van der Waals surface area contributed by atoms with Gasteiger partial charge in [0.2, 0.25) is 0 Å². The predicted molar refractivity (Wildman–Crippen MR) is 66.7 cm³/mol. The zero-order chi connectivity index (χ0) is 11.3. The summed E-state index contributed by atoms with van der Waals surface area (Å²) in [5.41, 5.74) is 0.470. The van der Waals surface area contributed by atoms with Crippen LogP contribution in [0.1, 0.15) is 45.4 Å². The van der Waals surface area contributed by atoms with Crippen molar-refractivity contribution in [3.63, 3.8) is 0 Å². The highest BCUT2D eigenvalue weighted by Gasteiger charge is 2.33. The summed E-state index contributed by atoms with van der Waals surface area (Å²) in [7, 11) is 0. The van der Waals surface area contributed by atoms with Gasteiger partial charge in [0.15, 0.2) is 0 Å². The van der Waals surface area contributed by atoms with Crippen LogP contribution < -0.4 is 10.6 Å². The molecule has 1 heterocycles. The van der Waals surface area contributed by atoms with E-state index in [4.69, 9.17) is 4.74 Å². The van der Waals surface area contributed by atoms with Crippen LogP contribution in [0.15, 0.2) is 0 Å². The van der Waals surface area contributed by atoms with E-state index in [2.05, 4.69) is 17.6 Å². The maximum absolute atomic E-state index is 5.89. The lowest BCUT2D eigenvalue weighted by Crippen LogP contribution is -2.51. The third-order valence-electron chi connectivity index (χ3n) is 4.23. The van der Waals surface area contributed by atoms with Gasteiger partial charge in [0, 0.05) is 12.1 Å². The van der Waals surface area contributed by atoms with Crippen molar-refractivity contribution in [3.05, 3.63) is 0 Å². The summed E-state index contributed by atoms with van der Waals surface area (Å²) in [6.45, 7) is 6.44. The van der Waals surface area contributed by atoms with E-state index in [0.717, 1.165) is 26.2 Å². The third kappa shape index (κ3) is 3.19. The number of rotatable bonds is 6. The molecule has 0 aromatic rings. The minimum absolute atomic E-state index is 0.470. The van der Waals surface area contributed by atoms with Crippen molar-refractivity contribution in [1.29, 1.82) is 0 Å². The van der Waals surface area contributed by atoms with Gasteiger partial charge in [0.25, 0.3) is 0 Å². The Labute approximate surface area is 99.3 Å². The average molecular weight is 226 g/mol. The first-order valence-corrected chi connectivity index (χ1v) is 6.92. The minimum atomic E-state index is 0.470. The number of piperidine rings is 1. The molecule has 0 radical (unpaired) electrons. The number of hydrogen-bond donors (Lipinski definition) is 2. The molecule has 0 aromatic heterocycles. The van der Waals surface area contributed by atoms with E-state index in [0.29, 0.717) is 11.6 Å². The molecule has 0 spiro atoms. The second-order valence-corrected chi connectivity index (χ2v) is 5.23. The monoisotopic (exact) mass is 226 g/mol. The van der Waals surface area contributed by atoms with Crippen molar-refractivity contribution in [2.24, 2.45) is 0 Å². The van der Waals surface area contributed by atoms with Crippen LogP contribution in [0.5, 0.6) is 0 Å². The van der Waals surface area contributed by atoms with Crippen LogP contribution in [0.2, 0.25) is 0 Å². The number of hydrogen-bond acceptors (Lipinski definition) is 3. The maximum atomic E-state index is 5.89. The van der Waals surface area contributed by atoms with E-state index in [1.165, 1.54) is 38.5 Å². The minimum Gasteiger partial charge on any atom is -0.377 e. The van der Waals surface area contributed by atoms with Crippen molar-refractivity contribution >= 4 is 0 Å². The van der Waals surface area contributed by atoms with Gasteiger partial charge in [-0.15, -0.1) is 0 Å². The average Bonchev–Trinajstić information content (AvgIpc) is 2.29. The molecule has 0 unspecified atom stereocenters. The highest BCUT2D eigenvalue weighted by molar-refractivity contribution is 4.94. The molecule has 3 nitrogen and oxygen atoms in total. The lowest BCUT2D eigenvalue weighted by molar-refractivity contribution is 0.0278. The lowest BCUT2D eigenvalue weighted by Gasteiger charge is -2.42. The van der Waals surface area contributed by atoms with Gasteiger partial charge in [-0.05, 0) is 51.6 Å². The molecule has 0 amide bonds. The molecule has 0 aromatic carbocycles. The summed E-state index contributed by atoms with van der Waals surface area (Å²) in [5, 5.41) is 7.04. The zero-order valence-corrected chi connectivity index (χ0v) is 10.6. The Hall–Kier alpha value is -0.120. The van der Waals surface area contributed by atoms with Gasteiger partial charge in [0.1, 0.15) is 0 Å². The summed E-state index contributed by atoms with van der Waals surface area (Å²) in [6, 6.07) is 0. The smallest absolute Gasteiger partial charge is 0.0600 e. The number of ether oxygens (including phenoxy) is 1. The normalized spacial score (nSPS) is 25.3. The van der Waals surface area contributed by atoms with Crippen molar-refractivity contribution < 1.29 is 4.74 Å². The molecule has 16 heavy (non-hydrogen) atoms. The van der Waals surface area contributed by atoms with E-state index < -0.39 is 0 Å². The molecule has 1 aliphatic heterocycles. The highest BCUT2D eigenvalue weighted by atomic mass is 16.5. The Morgan fingerprint density at radius 2 is 2.06 bits per heavy atom. The van der Waals surface area contributed by atoms with E-state index >= 15 is 0 Å². The van der Waals surface area contributed by atoms with Crippen molar-refractivity contribution in [2.45, 2.75) is 57.1 Å². The molecule has 1 saturated carbocycles. The quantitative estimate of drug-likeness (QED) is 0.676. The topological polar surface area (TPSA) is 33.3 Å². The van der Waals surface area contributed by atoms with Crippen molar-refractivity contribution in [1.82, 2.24) is 10.6 Å². The second-order valence-electron chi connectivity index (χ2n) is 5.23. The Balaban J connectivity index is 1.54. The molecule has 0 bridgehead atoms. The first-order chi connectivity index (χ1) is 7.85. The molecule has 0 atom stereocenters. The fraction of sp³-hybridized carbons (Fsp3) is 1.00. The Bertz CT molecular complexity index is 193. The summed E-state index contributed by atoms with van der Waals surface area (Å²) in [5.74, 6) is 0. The van der Waals surface area contributed by atoms with Gasteiger partial charge < -0.3 is 15.4 Å². The Morgan fingerprint density at radius 3 is 2.62 bits per heavy atom. The molecule has 1 saturated heterocycles. The van der Waals surface area contributed by atoms with Gasteiger partial charge in [-0.3, -0.25) is 0 Å². The molecule has 2 aliphatic rings. The van der Waals surface area contributed by atoms with Crippen LogP contribution in [0.4, 0.5) is 0 Å². The molecule has 1 aliphatic carbocycles.